The molecule has 2 atom stereocenters. The zero-order valence-corrected chi connectivity index (χ0v) is 8.26. The van der Waals surface area contributed by atoms with Crippen molar-refractivity contribution in [3.8, 4) is 0 Å². The summed E-state index contributed by atoms with van der Waals surface area (Å²) in [4.78, 5) is 23.0. The first kappa shape index (κ1) is 8.73. The van der Waals surface area contributed by atoms with Crippen molar-refractivity contribution in [2.24, 2.45) is 16.7 Å². The van der Waals surface area contributed by atoms with Crippen LogP contribution in [0.1, 0.15) is 33.6 Å². The summed E-state index contributed by atoms with van der Waals surface area (Å²) in [6, 6.07) is 0. The fourth-order valence-electron chi connectivity index (χ4n) is 2.62. The third-order valence-corrected chi connectivity index (χ3v) is 4.21. The largest absolute Gasteiger partial charge is 0.272 e. The minimum absolute atomic E-state index is 0.0322. The maximum atomic E-state index is 11.6. The Kier molecular flexibility index (Phi) is 1.44. The van der Waals surface area contributed by atoms with Gasteiger partial charge >= 0.3 is 0 Å². The summed E-state index contributed by atoms with van der Waals surface area (Å²) in [6.07, 6.45) is 1.62. The Morgan fingerprint density at radius 3 is 2.54 bits per heavy atom. The van der Waals surface area contributed by atoms with Crippen molar-refractivity contribution in [2.45, 2.75) is 33.6 Å². The average molecular weight is 180 g/mol. The standard InChI is InChI=1S/C10H14NO2/c1-9(2)6-4-5-10(9,3)8(13)11-7(6)12/h6H,4-5H2,1-3H3. The van der Waals surface area contributed by atoms with Crippen molar-refractivity contribution in [3.05, 3.63) is 0 Å². The molecule has 1 aliphatic carbocycles. The number of rotatable bonds is 0. The van der Waals surface area contributed by atoms with Gasteiger partial charge in [0.15, 0.2) is 0 Å². The normalized spacial score (nSPS) is 41.9. The Morgan fingerprint density at radius 1 is 1.31 bits per heavy atom. The van der Waals surface area contributed by atoms with Crippen LogP contribution in [0.3, 0.4) is 0 Å². The fourth-order valence-corrected chi connectivity index (χ4v) is 2.62. The van der Waals surface area contributed by atoms with Crippen molar-refractivity contribution in [3.63, 3.8) is 0 Å². The summed E-state index contributed by atoms with van der Waals surface area (Å²) in [5, 5.41) is 3.60. The Labute approximate surface area is 77.9 Å². The van der Waals surface area contributed by atoms with Crippen LogP contribution in [0.2, 0.25) is 0 Å². The van der Waals surface area contributed by atoms with E-state index in [1.807, 2.05) is 20.8 Å². The molecule has 1 saturated carbocycles. The number of amides is 2. The third kappa shape index (κ3) is 0.798. The Balaban J connectivity index is 2.51. The van der Waals surface area contributed by atoms with E-state index in [2.05, 4.69) is 5.32 Å². The molecule has 2 bridgehead atoms. The number of carbonyl (C=O) groups is 2. The molecule has 0 spiro atoms. The summed E-state index contributed by atoms with van der Waals surface area (Å²) < 4.78 is 0. The number of hydrogen-bond donors (Lipinski definition) is 0. The molecular weight excluding hydrogens is 166 g/mol. The molecular formula is C10H14NO2. The number of carbonyl (C=O) groups excluding carboxylic acids is 2. The molecule has 0 N–H and O–H groups in total. The van der Waals surface area contributed by atoms with Crippen LogP contribution in [0.4, 0.5) is 0 Å². The van der Waals surface area contributed by atoms with E-state index in [1.165, 1.54) is 0 Å². The van der Waals surface area contributed by atoms with Gasteiger partial charge in [0.05, 0.1) is 5.41 Å². The Morgan fingerprint density at radius 2 is 1.92 bits per heavy atom. The highest BCUT2D eigenvalue weighted by Crippen LogP contribution is 2.58. The molecule has 1 saturated heterocycles. The predicted molar refractivity (Wildman–Crippen MR) is 46.8 cm³/mol. The Bertz CT molecular complexity index is 295. The van der Waals surface area contributed by atoms with Gasteiger partial charge in [-0.2, -0.15) is 5.32 Å². The monoisotopic (exact) mass is 180 g/mol. The molecule has 0 aromatic carbocycles. The fraction of sp³-hybridized carbons (Fsp3) is 0.800. The summed E-state index contributed by atoms with van der Waals surface area (Å²) in [7, 11) is 0. The first-order valence-electron chi connectivity index (χ1n) is 4.69. The summed E-state index contributed by atoms with van der Waals surface area (Å²) >= 11 is 0. The van der Waals surface area contributed by atoms with Gasteiger partial charge in [-0.1, -0.05) is 20.8 Å². The lowest BCUT2D eigenvalue weighted by atomic mass is 9.63. The zero-order chi connectivity index (χ0) is 9.85. The van der Waals surface area contributed by atoms with Crippen molar-refractivity contribution < 1.29 is 9.59 Å². The highest BCUT2D eigenvalue weighted by molar-refractivity contribution is 6.03. The SMILES string of the molecule is CC12CCC(C(=O)[N]C1=O)C2(C)C. The van der Waals surface area contributed by atoms with E-state index in [4.69, 9.17) is 0 Å². The second-order valence-corrected chi connectivity index (χ2v) is 4.90. The number of nitrogens with zero attached hydrogens (tertiary/aromatic N) is 1. The van der Waals surface area contributed by atoms with Crippen molar-refractivity contribution in [1.29, 1.82) is 0 Å². The predicted octanol–water partition coefficient (Wildman–Crippen LogP) is 1.10. The highest BCUT2D eigenvalue weighted by atomic mass is 16.2. The van der Waals surface area contributed by atoms with Crippen molar-refractivity contribution in [1.82, 2.24) is 5.32 Å². The summed E-state index contributed by atoms with van der Waals surface area (Å²) in [5.74, 6) is -0.448. The highest BCUT2D eigenvalue weighted by Gasteiger charge is 2.62. The lowest BCUT2D eigenvalue weighted by Crippen LogP contribution is -2.53. The third-order valence-electron chi connectivity index (χ3n) is 4.21. The smallest absolute Gasteiger partial charge is 0.255 e. The van der Waals surface area contributed by atoms with Gasteiger partial charge < -0.3 is 0 Å². The van der Waals surface area contributed by atoms with Crippen molar-refractivity contribution in [2.75, 3.05) is 0 Å². The van der Waals surface area contributed by atoms with Crippen LogP contribution in [-0.4, -0.2) is 11.8 Å². The number of hydrogen-bond acceptors (Lipinski definition) is 2. The number of piperidine rings is 1. The van der Waals surface area contributed by atoms with Gasteiger partial charge in [0, 0.05) is 5.92 Å². The first-order valence-corrected chi connectivity index (χ1v) is 4.69. The van der Waals surface area contributed by atoms with Crippen LogP contribution in [0.15, 0.2) is 0 Å². The van der Waals surface area contributed by atoms with E-state index in [9.17, 15) is 9.59 Å². The molecule has 1 radical (unpaired) electrons. The van der Waals surface area contributed by atoms with Crippen LogP contribution in [0, 0.1) is 16.7 Å². The van der Waals surface area contributed by atoms with Crippen LogP contribution >= 0.6 is 0 Å². The summed E-state index contributed by atoms with van der Waals surface area (Å²) in [6.45, 7) is 5.95. The van der Waals surface area contributed by atoms with E-state index >= 15 is 0 Å². The first-order chi connectivity index (χ1) is 5.89. The molecule has 71 valence electrons. The van der Waals surface area contributed by atoms with Gasteiger partial charge in [-0.15, -0.1) is 0 Å². The van der Waals surface area contributed by atoms with Gasteiger partial charge in [-0.25, -0.2) is 0 Å². The van der Waals surface area contributed by atoms with E-state index in [-0.39, 0.29) is 23.1 Å². The maximum absolute atomic E-state index is 11.6. The minimum Gasteiger partial charge on any atom is -0.272 e. The molecule has 2 amide bonds. The molecule has 13 heavy (non-hydrogen) atoms. The summed E-state index contributed by atoms with van der Waals surface area (Å²) in [5.41, 5.74) is -0.603. The number of imide groups is 1. The van der Waals surface area contributed by atoms with E-state index in [1.54, 1.807) is 0 Å². The topological polar surface area (TPSA) is 48.2 Å². The van der Waals surface area contributed by atoms with Gasteiger partial charge in [0.2, 0.25) is 0 Å². The Hall–Kier alpha value is -0.860. The molecule has 0 aromatic rings. The van der Waals surface area contributed by atoms with E-state index in [0.717, 1.165) is 12.8 Å². The quantitative estimate of drug-likeness (QED) is 0.524. The molecule has 3 heteroatoms. The zero-order valence-electron chi connectivity index (χ0n) is 8.26. The molecule has 1 heterocycles. The van der Waals surface area contributed by atoms with Crippen molar-refractivity contribution >= 4 is 11.8 Å². The average Bonchev–Trinajstić information content (AvgIpc) is 2.16. The van der Waals surface area contributed by atoms with E-state index in [0.29, 0.717) is 0 Å². The molecule has 2 aliphatic rings. The number of fused-ring (bicyclic) bond motifs is 2. The molecule has 0 aromatic heterocycles. The molecule has 2 rings (SSSR count). The van der Waals surface area contributed by atoms with Crippen LogP contribution in [0.5, 0.6) is 0 Å². The molecule has 1 aliphatic heterocycles. The van der Waals surface area contributed by atoms with E-state index < -0.39 is 5.41 Å². The molecule has 3 nitrogen and oxygen atoms in total. The van der Waals surface area contributed by atoms with Gasteiger partial charge in [0.25, 0.3) is 11.8 Å². The second-order valence-electron chi connectivity index (χ2n) is 4.90. The van der Waals surface area contributed by atoms with Crippen LogP contribution < -0.4 is 5.32 Å². The lowest BCUT2D eigenvalue weighted by Gasteiger charge is -2.42. The van der Waals surface area contributed by atoms with Gasteiger partial charge in [0.1, 0.15) is 0 Å². The maximum Gasteiger partial charge on any atom is 0.255 e. The van der Waals surface area contributed by atoms with Crippen LogP contribution in [0.25, 0.3) is 0 Å². The second kappa shape index (κ2) is 2.14. The minimum atomic E-state index is -0.397. The van der Waals surface area contributed by atoms with Gasteiger partial charge in [-0.3, -0.25) is 9.59 Å². The molecule has 2 fully saturated rings. The van der Waals surface area contributed by atoms with Crippen LogP contribution in [-0.2, 0) is 9.59 Å². The molecule has 2 unspecified atom stereocenters. The van der Waals surface area contributed by atoms with Gasteiger partial charge in [-0.05, 0) is 18.3 Å². The lowest BCUT2D eigenvalue weighted by molar-refractivity contribution is -0.151.